The lowest BCUT2D eigenvalue weighted by molar-refractivity contribution is 0.415. The van der Waals surface area contributed by atoms with E-state index in [0.29, 0.717) is 0 Å². The maximum absolute atomic E-state index is 5.31. The zero-order chi connectivity index (χ0) is 16.1. The Morgan fingerprint density at radius 3 is 2.48 bits per heavy atom. The van der Waals surface area contributed by atoms with Gasteiger partial charge in [-0.25, -0.2) is 0 Å². The second kappa shape index (κ2) is 7.28. The molecule has 0 N–H and O–H groups in total. The predicted octanol–water partition coefficient (Wildman–Crippen LogP) is 5.18. The molecule has 0 atom stereocenters. The molecule has 0 aliphatic heterocycles. The zero-order valence-electron chi connectivity index (χ0n) is 13.9. The number of pyridine rings is 1. The van der Waals surface area contributed by atoms with Gasteiger partial charge < -0.3 is 4.74 Å². The van der Waals surface area contributed by atoms with Gasteiger partial charge in [-0.15, -0.1) is 0 Å². The summed E-state index contributed by atoms with van der Waals surface area (Å²) in [7, 11) is 1.70. The van der Waals surface area contributed by atoms with Crippen molar-refractivity contribution >= 4 is 10.8 Å². The number of hydrogen-bond donors (Lipinski definition) is 0. The van der Waals surface area contributed by atoms with Crippen LogP contribution in [0.15, 0.2) is 54.7 Å². The summed E-state index contributed by atoms with van der Waals surface area (Å²) < 4.78 is 5.31. The van der Waals surface area contributed by atoms with Crippen molar-refractivity contribution in [3.63, 3.8) is 0 Å². The minimum absolute atomic E-state index is 0.859. The number of aryl methyl sites for hydroxylation is 1. The minimum atomic E-state index is 0.859. The third-order valence-corrected chi connectivity index (χ3v) is 4.27. The van der Waals surface area contributed by atoms with Gasteiger partial charge in [0.1, 0.15) is 5.75 Å². The molecule has 0 saturated heterocycles. The highest BCUT2D eigenvalue weighted by Crippen LogP contribution is 2.24. The molecule has 2 heteroatoms. The highest BCUT2D eigenvalue weighted by Gasteiger charge is 2.05. The van der Waals surface area contributed by atoms with E-state index in [-0.39, 0.29) is 0 Å². The van der Waals surface area contributed by atoms with Crippen molar-refractivity contribution in [1.29, 1.82) is 0 Å². The maximum Gasteiger partial charge on any atom is 0.119 e. The minimum Gasteiger partial charge on any atom is -0.497 e. The lowest BCUT2D eigenvalue weighted by Crippen LogP contribution is -1.95. The first-order chi connectivity index (χ1) is 11.3. The van der Waals surface area contributed by atoms with Crippen molar-refractivity contribution in [3.05, 3.63) is 71.5 Å². The van der Waals surface area contributed by atoms with Gasteiger partial charge in [0.25, 0.3) is 0 Å². The van der Waals surface area contributed by atoms with Crippen LogP contribution in [0.2, 0.25) is 0 Å². The van der Waals surface area contributed by atoms with E-state index in [9.17, 15) is 0 Å². The van der Waals surface area contributed by atoms with E-state index >= 15 is 0 Å². The standard InChI is InChI=1S/C21H23NO/c1-3-4-5-16-6-8-17(9-7-16)14-21-20-11-10-19(23-2)15-18(20)12-13-22-21/h6-13,15H,3-5,14H2,1-2H3. The van der Waals surface area contributed by atoms with Crippen LogP contribution < -0.4 is 4.74 Å². The first-order valence-electron chi connectivity index (χ1n) is 8.29. The number of methoxy groups -OCH3 is 1. The third kappa shape index (κ3) is 3.70. The highest BCUT2D eigenvalue weighted by atomic mass is 16.5. The number of nitrogens with zero attached hydrogens (tertiary/aromatic N) is 1. The Balaban J connectivity index is 1.83. The molecule has 2 aromatic carbocycles. The fourth-order valence-corrected chi connectivity index (χ4v) is 2.88. The number of ether oxygens (including phenoxy) is 1. The van der Waals surface area contributed by atoms with Gasteiger partial charge in [0.2, 0.25) is 0 Å². The van der Waals surface area contributed by atoms with Gasteiger partial charge >= 0.3 is 0 Å². The maximum atomic E-state index is 5.31. The van der Waals surface area contributed by atoms with Crippen LogP contribution in [0.5, 0.6) is 5.75 Å². The van der Waals surface area contributed by atoms with Crippen molar-refractivity contribution in [2.75, 3.05) is 7.11 Å². The number of benzene rings is 2. The molecule has 0 aliphatic rings. The van der Waals surface area contributed by atoms with Crippen molar-refractivity contribution in [3.8, 4) is 5.75 Å². The lowest BCUT2D eigenvalue weighted by Gasteiger charge is -2.08. The summed E-state index contributed by atoms with van der Waals surface area (Å²) in [5.74, 6) is 0.884. The van der Waals surface area contributed by atoms with Crippen molar-refractivity contribution in [1.82, 2.24) is 4.98 Å². The molecule has 0 fully saturated rings. The van der Waals surface area contributed by atoms with Crippen LogP contribution in [0.3, 0.4) is 0 Å². The molecule has 0 bridgehead atoms. The van der Waals surface area contributed by atoms with Crippen LogP contribution in [0.4, 0.5) is 0 Å². The van der Waals surface area contributed by atoms with E-state index in [1.54, 1.807) is 7.11 Å². The summed E-state index contributed by atoms with van der Waals surface area (Å²) in [6, 6.07) is 17.2. The first kappa shape index (κ1) is 15.5. The Kier molecular flexibility index (Phi) is 4.92. The van der Waals surface area contributed by atoms with Crippen LogP contribution in [0.25, 0.3) is 10.8 Å². The Hall–Kier alpha value is -2.35. The number of rotatable bonds is 6. The van der Waals surface area contributed by atoms with E-state index in [1.165, 1.54) is 41.2 Å². The summed E-state index contributed by atoms with van der Waals surface area (Å²) in [5, 5.41) is 2.37. The molecule has 3 aromatic rings. The molecule has 23 heavy (non-hydrogen) atoms. The van der Waals surface area contributed by atoms with Gasteiger partial charge in [0.15, 0.2) is 0 Å². The molecule has 0 spiro atoms. The van der Waals surface area contributed by atoms with Gasteiger partial charge in [-0.2, -0.15) is 0 Å². The van der Waals surface area contributed by atoms with Crippen LogP contribution in [-0.4, -0.2) is 12.1 Å². The number of aromatic nitrogens is 1. The number of hydrogen-bond acceptors (Lipinski definition) is 2. The lowest BCUT2D eigenvalue weighted by atomic mass is 10.0. The quantitative estimate of drug-likeness (QED) is 0.626. The predicted molar refractivity (Wildman–Crippen MR) is 96.2 cm³/mol. The van der Waals surface area contributed by atoms with Crippen molar-refractivity contribution < 1.29 is 4.74 Å². The Morgan fingerprint density at radius 1 is 0.957 bits per heavy atom. The molecule has 0 aliphatic carbocycles. The second-order valence-electron chi connectivity index (χ2n) is 5.94. The van der Waals surface area contributed by atoms with Gasteiger partial charge in [-0.3, -0.25) is 4.98 Å². The molecule has 118 valence electrons. The largest absolute Gasteiger partial charge is 0.497 e. The van der Waals surface area contributed by atoms with E-state index in [4.69, 9.17) is 4.74 Å². The first-order valence-corrected chi connectivity index (χ1v) is 8.29. The summed E-state index contributed by atoms with van der Waals surface area (Å²) in [6.07, 6.45) is 6.41. The summed E-state index contributed by atoms with van der Waals surface area (Å²) >= 11 is 0. The van der Waals surface area contributed by atoms with E-state index < -0.39 is 0 Å². The van der Waals surface area contributed by atoms with Crippen LogP contribution in [0, 0.1) is 0 Å². The van der Waals surface area contributed by atoms with Gasteiger partial charge in [0, 0.05) is 18.0 Å². The van der Waals surface area contributed by atoms with Crippen LogP contribution in [-0.2, 0) is 12.8 Å². The van der Waals surface area contributed by atoms with E-state index in [2.05, 4.69) is 48.3 Å². The average Bonchev–Trinajstić information content (AvgIpc) is 2.61. The van der Waals surface area contributed by atoms with Crippen LogP contribution >= 0.6 is 0 Å². The molecule has 0 unspecified atom stereocenters. The average molecular weight is 305 g/mol. The molecule has 3 rings (SSSR count). The third-order valence-electron chi connectivity index (χ3n) is 4.27. The van der Waals surface area contributed by atoms with Crippen molar-refractivity contribution in [2.24, 2.45) is 0 Å². The van der Waals surface area contributed by atoms with Gasteiger partial charge in [-0.05, 0) is 53.6 Å². The summed E-state index contributed by atoms with van der Waals surface area (Å²) in [4.78, 5) is 4.59. The Morgan fingerprint density at radius 2 is 1.74 bits per heavy atom. The van der Waals surface area contributed by atoms with Crippen LogP contribution in [0.1, 0.15) is 36.6 Å². The molecule has 0 saturated carbocycles. The molecule has 1 heterocycles. The fraction of sp³-hybridized carbons (Fsp3) is 0.286. The summed E-state index contributed by atoms with van der Waals surface area (Å²) in [6.45, 7) is 2.23. The molecule has 0 amide bonds. The van der Waals surface area contributed by atoms with E-state index in [1.807, 2.05) is 18.3 Å². The Labute approximate surface area is 138 Å². The number of unbranched alkanes of at least 4 members (excludes halogenated alkanes) is 1. The van der Waals surface area contributed by atoms with Gasteiger partial charge in [0.05, 0.1) is 12.8 Å². The SMILES string of the molecule is CCCCc1ccc(Cc2nccc3cc(OC)ccc23)cc1. The van der Waals surface area contributed by atoms with Gasteiger partial charge in [-0.1, -0.05) is 37.6 Å². The highest BCUT2D eigenvalue weighted by molar-refractivity contribution is 5.86. The monoisotopic (exact) mass is 305 g/mol. The van der Waals surface area contributed by atoms with E-state index in [0.717, 1.165) is 17.9 Å². The normalized spacial score (nSPS) is 10.9. The van der Waals surface area contributed by atoms with Crippen molar-refractivity contribution in [2.45, 2.75) is 32.6 Å². The molecule has 1 aromatic heterocycles. The fourth-order valence-electron chi connectivity index (χ4n) is 2.88. The summed E-state index contributed by atoms with van der Waals surface area (Å²) in [5.41, 5.74) is 3.85. The number of fused-ring (bicyclic) bond motifs is 1. The zero-order valence-corrected chi connectivity index (χ0v) is 13.9. The molecule has 0 radical (unpaired) electrons. The molecule has 2 nitrogen and oxygen atoms in total. The Bertz CT molecular complexity index is 777. The smallest absolute Gasteiger partial charge is 0.119 e. The molecular formula is C21H23NO. The molecular weight excluding hydrogens is 282 g/mol. The second-order valence-corrected chi connectivity index (χ2v) is 5.94. The topological polar surface area (TPSA) is 22.1 Å².